The molecule has 30 heavy (non-hydrogen) atoms. The number of sulfonamides is 1. The van der Waals surface area contributed by atoms with E-state index < -0.39 is 20.9 Å². The number of rotatable bonds is 6. The quantitative estimate of drug-likeness (QED) is 0.394. The normalized spacial score (nSPS) is 11.0. The van der Waals surface area contributed by atoms with Crippen molar-refractivity contribution in [2.45, 2.75) is 4.90 Å². The van der Waals surface area contributed by atoms with Crippen LogP contribution in [0, 0.1) is 10.1 Å². The molecule has 11 heteroatoms. The lowest BCUT2D eigenvalue weighted by Crippen LogP contribution is -2.15. The number of hydrogen-bond donors (Lipinski definition) is 2. The average Bonchev–Trinajstić information content (AvgIpc) is 2.69. The van der Waals surface area contributed by atoms with E-state index in [0.29, 0.717) is 5.02 Å². The predicted molar refractivity (Wildman–Crippen MR) is 115 cm³/mol. The molecule has 0 aromatic heterocycles. The van der Waals surface area contributed by atoms with E-state index in [1.54, 1.807) is 12.1 Å². The number of benzene rings is 3. The first-order valence-corrected chi connectivity index (χ1v) is 10.5. The van der Waals surface area contributed by atoms with Gasteiger partial charge in [-0.25, -0.2) is 8.42 Å². The largest absolute Gasteiger partial charge is 0.321 e. The summed E-state index contributed by atoms with van der Waals surface area (Å²) in [5.41, 5.74) is 0.0585. The maximum Gasteiger partial charge on any atom is 0.270 e. The van der Waals surface area contributed by atoms with Crippen molar-refractivity contribution in [2.24, 2.45) is 0 Å². The Kier molecular flexibility index (Phi) is 6.25. The Balaban J connectivity index is 1.87. The molecule has 3 rings (SSSR count). The minimum Gasteiger partial charge on any atom is -0.321 e. The maximum absolute atomic E-state index is 12.7. The van der Waals surface area contributed by atoms with Crippen molar-refractivity contribution in [1.29, 1.82) is 0 Å². The third kappa shape index (κ3) is 5.07. The van der Waals surface area contributed by atoms with Crippen molar-refractivity contribution in [1.82, 2.24) is 0 Å². The molecule has 154 valence electrons. The highest BCUT2D eigenvalue weighted by atomic mass is 35.5. The summed E-state index contributed by atoms with van der Waals surface area (Å²) in [4.78, 5) is 22.6. The van der Waals surface area contributed by atoms with E-state index in [2.05, 4.69) is 10.0 Å². The number of amides is 1. The lowest BCUT2D eigenvalue weighted by Gasteiger charge is -2.12. The van der Waals surface area contributed by atoms with Gasteiger partial charge in [-0.2, -0.15) is 0 Å². The molecule has 0 bridgehead atoms. The van der Waals surface area contributed by atoms with E-state index >= 15 is 0 Å². The fourth-order valence-electron chi connectivity index (χ4n) is 2.49. The van der Waals surface area contributed by atoms with Crippen molar-refractivity contribution >= 4 is 56.2 Å². The van der Waals surface area contributed by atoms with Crippen molar-refractivity contribution in [3.05, 3.63) is 92.5 Å². The standard InChI is InChI=1S/C19H13Cl2N3O5S/c20-13-4-2-5-14(10-13)23-30(28,29)16-7-8-17(21)18(11-16)22-19(25)12-3-1-6-15(9-12)24(26)27/h1-11,23H,(H,22,25). The molecule has 0 aliphatic heterocycles. The number of nitrogens with one attached hydrogen (secondary N) is 2. The molecular formula is C19H13Cl2N3O5S. The van der Waals surface area contributed by atoms with Gasteiger partial charge in [0.2, 0.25) is 0 Å². The molecule has 0 saturated heterocycles. The molecule has 3 aromatic rings. The molecule has 0 fully saturated rings. The summed E-state index contributed by atoms with van der Waals surface area (Å²) >= 11 is 12.0. The Hall–Kier alpha value is -3.14. The molecule has 0 unspecified atom stereocenters. The molecule has 1 amide bonds. The number of carbonyl (C=O) groups excluding carboxylic acids is 1. The lowest BCUT2D eigenvalue weighted by molar-refractivity contribution is -0.384. The van der Waals surface area contributed by atoms with Gasteiger partial charge < -0.3 is 5.32 Å². The molecule has 0 saturated carbocycles. The Bertz CT molecular complexity index is 1250. The van der Waals surface area contributed by atoms with Crippen LogP contribution in [0.4, 0.5) is 17.1 Å². The molecule has 3 aromatic carbocycles. The topological polar surface area (TPSA) is 118 Å². The zero-order chi connectivity index (χ0) is 21.9. The second kappa shape index (κ2) is 8.70. The van der Waals surface area contributed by atoms with E-state index in [-0.39, 0.29) is 32.5 Å². The minimum atomic E-state index is -4.00. The lowest BCUT2D eigenvalue weighted by atomic mass is 10.2. The first-order chi connectivity index (χ1) is 14.2. The molecule has 0 radical (unpaired) electrons. The second-order valence-electron chi connectivity index (χ2n) is 6.02. The van der Waals surface area contributed by atoms with Crippen molar-refractivity contribution in [3.63, 3.8) is 0 Å². The van der Waals surface area contributed by atoms with Crippen LogP contribution in [0.5, 0.6) is 0 Å². The number of hydrogen-bond acceptors (Lipinski definition) is 5. The van der Waals surface area contributed by atoms with E-state index in [9.17, 15) is 23.3 Å². The van der Waals surface area contributed by atoms with Gasteiger partial charge in [-0.15, -0.1) is 0 Å². The number of non-ortho nitro benzene ring substituents is 1. The fraction of sp³-hybridized carbons (Fsp3) is 0. The Morgan fingerprint density at radius 2 is 1.70 bits per heavy atom. The number of nitrogens with zero attached hydrogens (tertiary/aromatic N) is 1. The number of carbonyl (C=O) groups is 1. The second-order valence-corrected chi connectivity index (χ2v) is 8.55. The van der Waals surface area contributed by atoms with E-state index in [1.165, 1.54) is 48.5 Å². The van der Waals surface area contributed by atoms with Crippen LogP contribution in [-0.4, -0.2) is 19.2 Å². The third-order valence-electron chi connectivity index (χ3n) is 3.89. The Morgan fingerprint density at radius 3 is 2.40 bits per heavy atom. The van der Waals surface area contributed by atoms with Crippen LogP contribution >= 0.6 is 23.2 Å². The predicted octanol–water partition coefficient (Wildman–Crippen LogP) is 4.95. The van der Waals surface area contributed by atoms with Gasteiger partial charge >= 0.3 is 0 Å². The summed E-state index contributed by atoms with van der Waals surface area (Å²) < 4.78 is 27.7. The first-order valence-electron chi connectivity index (χ1n) is 8.29. The molecule has 0 aliphatic rings. The van der Waals surface area contributed by atoms with Gasteiger partial charge in [0.1, 0.15) is 0 Å². The zero-order valence-electron chi connectivity index (χ0n) is 15.0. The van der Waals surface area contributed by atoms with Crippen LogP contribution in [0.25, 0.3) is 0 Å². The van der Waals surface area contributed by atoms with E-state index in [0.717, 1.165) is 6.07 Å². The molecular weight excluding hydrogens is 453 g/mol. The van der Waals surface area contributed by atoms with Gasteiger partial charge in [0, 0.05) is 22.7 Å². The summed E-state index contributed by atoms with van der Waals surface area (Å²) in [5, 5.41) is 13.8. The average molecular weight is 466 g/mol. The van der Waals surface area contributed by atoms with Gasteiger partial charge in [0.15, 0.2) is 0 Å². The van der Waals surface area contributed by atoms with Gasteiger partial charge in [0.25, 0.3) is 21.6 Å². The van der Waals surface area contributed by atoms with Crippen LogP contribution in [-0.2, 0) is 10.0 Å². The summed E-state index contributed by atoms with van der Waals surface area (Å²) in [6.45, 7) is 0. The summed E-state index contributed by atoms with van der Waals surface area (Å²) in [6, 6.07) is 15.0. The highest BCUT2D eigenvalue weighted by Crippen LogP contribution is 2.28. The van der Waals surface area contributed by atoms with E-state index in [1.807, 2.05) is 0 Å². The van der Waals surface area contributed by atoms with E-state index in [4.69, 9.17) is 23.2 Å². The molecule has 0 atom stereocenters. The van der Waals surface area contributed by atoms with Crippen LogP contribution in [0.1, 0.15) is 10.4 Å². The van der Waals surface area contributed by atoms with Gasteiger partial charge in [-0.05, 0) is 42.5 Å². The minimum absolute atomic E-state index is 0.0191. The van der Waals surface area contributed by atoms with Gasteiger partial charge in [-0.3, -0.25) is 19.6 Å². The molecule has 0 aliphatic carbocycles. The third-order valence-corrected chi connectivity index (χ3v) is 5.84. The summed E-state index contributed by atoms with van der Waals surface area (Å²) in [6.07, 6.45) is 0. The Labute approximate surface area is 181 Å². The van der Waals surface area contributed by atoms with Crippen LogP contribution in [0.15, 0.2) is 71.6 Å². The van der Waals surface area contributed by atoms with Crippen LogP contribution in [0.2, 0.25) is 10.0 Å². The zero-order valence-corrected chi connectivity index (χ0v) is 17.3. The summed E-state index contributed by atoms with van der Waals surface area (Å²) in [5.74, 6) is -0.682. The fourth-order valence-corrected chi connectivity index (χ4v) is 3.92. The molecule has 8 nitrogen and oxygen atoms in total. The van der Waals surface area contributed by atoms with Gasteiger partial charge in [-0.1, -0.05) is 35.3 Å². The number of nitro groups is 1. The Morgan fingerprint density at radius 1 is 0.967 bits per heavy atom. The monoisotopic (exact) mass is 465 g/mol. The van der Waals surface area contributed by atoms with Crippen LogP contribution in [0.3, 0.4) is 0 Å². The van der Waals surface area contributed by atoms with Crippen molar-refractivity contribution < 1.29 is 18.1 Å². The number of nitro benzene ring substituents is 1. The molecule has 0 spiro atoms. The van der Waals surface area contributed by atoms with Crippen LogP contribution < -0.4 is 10.0 Å². The number of halogens is 2. The number of anilines is 2. The molecule has 2 N–H and O–H groups in total. The van der Waals surface area contributed by atoms with Gasteiger partial charge in [0.05, 0.1) is 26.2 Å². The smallest absolute Gasteiger partial charge is 0.270 e. The summed E-state index contributed by atoms with van der Waals surface area (Å²) in [7, 11) is -4.00. The molecule has 0 heterocycles. The highest BCUT2D eigenvalue weighted by molar-refractivity contribution is 7.92. The van der Waals surface area contributed by atoms with Crippen molar-refractivity contribution in [2.75, 3.05) is 10.0 Å². The SMILES string of the molecule is O=C(Nc1cc(S(=O)(=O)Nc2cccc(Cl)c2)ccc1Cl)c1cccc([N+](=O)[O-])c1. The highest BCUT2D eigenvalue weighted by Gasteiger charge is 2.18. The maximum atomic E-state index is 12.7. The first kappa shape index (κ1) is 21.6. The van der Waals surface area contributed by atoms with Crippen molar-refractivity contribution in [3.8, 4) is 0 Å².